The van der Waals surface area contributed by atoms with Gasteiger partial charge in [-0.3, -0.25) is 4.72 Å². The van der Waals surface area contributed by atoms with E-state index in [1.165, 1.54) is 12.5 Å². The molecule has 0 fully saturated rings. The van der Waals surface area contributed by atoms with Gasteiger partial charge in [-0.25, -0.2) is 18.4 Å². The quantitative estimate of drug-likeness (QED) is 0.772. The first-order valence-corrected chi connectivity index (χ1v) is 7.41. The van der Waals surface area contributed by atoms with E-state index in [1.807, 2.05) is 13.0 Å². The molecule has 0 amide bonds. The van der Waals surface area contributed by atoms with Gasteiger partial charge in [0.1, 0.15) is 0 Å². The molecule has 7 heteroatoms. The van der Waals surface area contributed by atoms with Crippen molar-refractivity contribution >= 4 is 26.9 Å². The van der Waals surface area contributed by atoms with Crippen LogP contribution in [0.25, 0.3) is 11.2 Å². The highest BCUT2D eigenvalue weighted by Crippen LogP contribution is 2.18. The second kappa shape index (κ2) is 4.61. The molecule has 0 aliphatic heterocycles. The standard InChI is InChI=1S/C13H12N4O2S/c1-9-3-2-4-11(5-9)20(18,19)17-10-6-12-13(14-7-10)16-8-15-12/h2-8,17H,1H3,(H,14,15,16). The van der Waals surface area contributed by atoms with Crippen LogP contribution >= 0.6 is 0 Å². The molecule has 0 bridgehead atoms. The molecule has 0 atom stereocenters. The number of hydrogen-bond acceptors (Lipinski definition) is 4. The molecular formula is C13H12N4O2S. The predicted molar refractivity (Wildman–Crippen MR) is 75.9 cm³/mol. The number of H-pyrrole nitrogens is 1. The van der Waals surface area contributed by atoms with E-state index in [-0.39, 0.29) is 4.90 Å². The van der Waals surface area contributed by atoms with Crippen LogP contribution < -0.4 is 4.72 Å². The van der Waals surface area contributed by atoms with Gasteiger partial charge in [-0.2, -0.15) is 0 Å². The lowest BCUT2D eigenvalue weighted by Gasteiger charge is -2.08. The van der Waals surface area contributed by atoms with Crippen LogP contribution in [0.15, 0.2) is 47.8 Å². The van der Waals surface area contributed by atoms with Gasteiger partial charge in [0.2, 0.25) is 0 Å². The van der Waals surface area contributed by atoms with Crippen molar-refractivity contribution in [3.8, 4) is 0 Å². The Labute approximate surface area is 115 Å². The van der Waals surface area contributed by atoms with Gasteiger partial charge in [-0.05, 0) is 30.7 Å². The molecule has 0 aliphatic rings. The van der Waals surface area contributed by atoms with E-state index in [0.29, 0.717) is 16.9 Å². The SMILES string of the molecule is Cc1cccc(S(=O)(=O)Nc2cnc3nc[nH]c3c2)c1. The molecular weight excluding hydrogens is 276 g/mol. The minimum absolute atomic E-state index is 0.224. The predicted octanol–water partition coefficient (Wildman–Crippen LogP) is 2.07. The molecule has 0 spiro atoms. The Morgan fingerprint density at radius 3 is 2.85 bits per heavy atom. The van der Waals surface area contributed by atoms with Gasteiger partial charge in [0.05, 0.1) is 28.6 Å². The summed E-state index contributed by atoms with van der Waals surface area (Å²) in [6.07, 6.45) is 2.95. The molecule has 3 rings (SSSR count). The van der Waals surface area contributed by atoms with Crippen LogP contribution in [0.4, 0.5) is 5.69 Å². The monoisotopic (exact) mass is 288 g/mol. The highest BCUT2D eigenvalue weighted by molar-refractivity contribution is 7.92. The Bertz CT molecular complexity index is 871. The molecule has 20 heavy (non-hydrogen) atoms. The number of hydrogen-bond donors (Lipinski definition) is 2. The van der Waals surface area contributed by atoms with Crippen molar-refractivity contribution in [3.05, 3.63) is 48.4 Å². The van der Waals surface area contributed by atoms with Crippen molar-refractivity contribution in [2.45, 2.75) is 11.8 Å². The summed E-state index contributed by atoms with van der Waals surface area (Å²) in [4.78, 5) is 11.2. The molecule has 1 aromatic carbocycles. The van der Waals surface area contributed by atoms with Crippen LogP contribution in [0.2, 0.25) is 0 Å². The Morgan fingerprint density at radius 1 is 1.20 bits per heavy atom. The lowest BCUT2D eigenvalue weighted by atomic mass is 10.2. The maximum atomic E-state index is 12.3. The second-order valence-electron chi connectivity index (χ2n) is 4.42. The van der Waals surface area contributed by atoms with Crippen molar-refractivity contribution in [3.63, 3.8) is 0 Å². The summed E-state index contributed by atoms with van der Waals surface area (Å²) in [5.74, 6) is 0. The van der Waals surface area contributed by atoms with Crippen LogP contribution in [-0.2, 0) is 10.0 Å². The zero-order chi connectivity index (χ0) is 14.2. The number of aromatic amines is 1. The maximum Gasteiger partial charge on any atom is 0.261 e. The summed E-state index contributed by atoms with van der Waals surface area (Å²) < 4.78 is 27.0. The minimum Gasteiger partial charge on any atom is -0.343 e. The van der Waals surface area contributed by atoms with Crippen molar-refractivity contribution in [1.29, 1.82) is 0 Å². The average Bonchev–Trinajstić information content (AvgIpc) is 2.85. The number of nitrogens with zero attached hydrogens (tertiary/aromatic N) is 2. The first-order valence-electron chi connectivity index (χ1n) is 5.93. The number of imidazole rings is 1. The maximum absolute atomic E-state index is 12.3. The van der Waals surface area contributed by atoms with Crippen LogP contribution in [0.5, 0.6) is 0 Å². The Kier molecular flexibility index (Phi) is 2.90. The Morgan fingerprint density at radius 2 is 2.05 bits per heavy atom. The van der Waals surface area contributed by atoms with Gasteiger partial charge in [-0.15, -0.1) is 0 Å². The first kappa shape index (κ1) is 12.6. The molecule has 0 unspecified atom stereocenters. The number of benzene rings is 1. The topological polar surface area (TPSA) is 87.7 Å². The number of sulfonamides is 1. The number of rotatable bonds is 3. The van der Waals surface area contributed by atoms with Crippen LogP contribution in [0.1, 0.15) is 5.56 Å². The molecule has 6 nitrogen and oxygen atoms in total. The van der Waals surface area contributed by atoms with E-state index in [2.05, 4.69) is 19.7 Å². The van der Waals surface area contributed by atoms with Crippen molar-refractivity contribution in [2.24, 2.45) is 0 Å². The van der Waals surface area contributed by atoms with Gasteiger partial charge in [0.25, 0.3) is 10.0 Å². The molecule has 0 saturated heterocycles. The molecule has 102 valence electrons. The normalized spacial score (nSPS) is 11.7. The largest absolute Gasteiger partial charge is 0.343 e. The van der Waals surface area contributed by atoms with E-state index in [0.717, 1.165) is 5.56 Å². The van der Waals surface area contributed by atoms with Crippen molar-refractivity contribution < 1.29 is 8.42 Å². The number of nitrogens with one attached hydrogen (secondary N) is 2. The fourth-order valence-corrected chi connectivity index (χ4v) is 3.02. The lowest BCUT2D eigenvalue weighted by molar-refractivity contribution is 0.601. The lowest BCUT2D eigenvalue weighted by Crippen LogP contribution is -2.13. The van der Waals surface area contributed by atoms with E-state index in [4.69, 9.17) is 0 Å². The zero-order valence-electron chi connectivity index (χ0n) is 10.7. The smallest absolute Gasteiger partial charge is 0.261 e. The molecule has 2 aromatic heterocycles. The number of aryl methyl sites for hydroxylation is 1. The summed E-state index contributed by atoms with van der Waals surface area (Å²) in [6.45, 7) is 1.84. The Hall–Kier alpha value is -2.41. The van der Waals surface area contributed by atoms with Gasteiger partial charge in [0.15, 0.2) is 5.65 Å². The van der Waals surface area contributed by atoms with E-state index in [1.54, 1.807) is 24.3 Å². The van der Waals surface area contributed by atoms with Crippen LogP contribution in [-0.4, -0.2) is 23.4 Å². The van der Waals surface area contributed by atoms with Gasteiger partial charge in [-0.1, -0.05) is 12.1 Å². The zero-order valence-corrected chi connectivity index (χ0v) is 11.5. The molecule has 0 radical (unpaired) electrons. The van der Waals surface area contributed by atoms with E-state index < -0.39 is 10.0 Å². The average molecular weight is 288 g/mol. The summed E-state index contributed by atoms with van der Waals surface area (Å²) in [7, 11) is -3.61. The van der Waals surface area contributed by atoms with Gasteiger partial charge in [0, 0.05) is 0 Å². The van der Waals surface area contributed by atoms with Crippen molar-refractivity contribution in [1.82, 2.24) is 15.0 Å². The minimum atomic E-state index is -3.61. The summed E-state index contributed by atoms with van der Waals surface area (Å²) in [5.41, 5.74) is 2.50. The number of anilines is 1. The van der Waals surface area contributed by atoms with E-state index >= 15 is 0 Å². The molecule has 2 heterocycles. The summed E-state index contributed by atoms with van der Waals surface area (Å²) in [5, 5.41) is 0. The first-order chi connectivity index (χ1) is 9.54. The van der Waals surface area contributed by atoms with Crippen LogP contribution in [0, 0.1) is 6.92 Å². The number of fused-ring (bicyclic) bond motifs is 1. The van der Waals surface area contributed by atoms with E-state index in [9.17, 15) is 8.42 Å². The third kappa shape index (κ3) is 2.35. The third-order valence-electron chi connectivity index (χ3n) is 2.83. The summed E-state index contributed by atoms with van der Waals surface area (Å²) >= 11 is 0. The molecule has 0 saturated carbocycles. The molecule has 0 aliphatic carbocycles. The van der Waals surface area contributed by atoms with Crippen LogP contribution in [0.3, 0.4) is 0 Å². The Balaban J connectivity index is 1.96. The summed E-state index contributed by atoms with van der Waals surface area (Å²) in [6, 6.07) is 8.38. The highest BCUT2D eigenvalue weighted by Gasteiger charge is 2.14. The van der Waals surface area contributed by atoms with Crippen molar-refractivity contribution in [2.75, 3.05) is 4.72 Å². The second-order valence-corrected chi connectivity index (χ2v) is 6.10. The molecule has 3 aromatic rings. The highest BCUT2D eigenvalue weighted by atomic mass is 32.2. The van der Waals surface area contributed by atoms with Gasteiger partial charge < -0.3 is 4.98 Å². The number of pyridine rings is 1. The third-order valence-corrected chi connectivity index (χ3v) is 4.20. The fourth-order valence-electron chi connectivity index (χ4n) is 1.88. The number of aromatic nitrogens is 3. The molecule has 2 N–H and O–H groups in total. The fraction of sp³-hybridized carbons (Fsp3) is 0.0769. The van der Waals surface area contributed by atoms with Gasteiger partial charge >= 0.3 is 0 Å².